The molecule has 0 saturated heterocycles. The van der Waals surface area contributed by atoms with Gasteiger partial charge in [0.1, 0.15) is 11.5 Å². The van der Waals surface area contributed by atoms with E-state index in [9.17, 15) is 4.79 Å². The van der Waals surface area contributed by atoms with Crippen LogP contribution in [0.2, 0.25) is 0 Å². The average molecular weight is 258 g/mol. The van der Waals surface area contributed by atoms with Crippen molar-refractivity contribution in [3.05, 3.63) is 42.2 Å². The monoisotopic (exact) mass is 258 g/mol. The molecule has 0 unspecified atom stereocenters. The second kappa shape index (κ2) is 6.34. The standard InChI is InChI=1S/C13H14N4O2/c1-2-19-13(18)17-15-9-11-8-14-12(16-11)10-6-4-3-5-7-10/h3-9H,2H2,1H3,(H,14,16)(H,17,18). The highest BCUT2D eigenvalue weighted by atomic mass is 16.5. The van der Waals surface area contributed by atoms with Gasteiger partial charge >= 0.3 is 6.09 Å². The van der Waals surface area contributed by atoms with E-state index in [1.807, 2.05) is 30.3 Å². The molecule has 2 N–H and O–H groups in total. The van der Waals surface area contributed by atoms with Crippen LogP contribution in [0.4, 0.5) is 4.79 Å². The zero-order chi connectivity index (χ0) is 13.5. The fourth-order valence-corrected chi connectivity index (χ4v) is 1.46. The van der Waals surface area contributed by atoms with Crippen molar-refractivity contribution in [3.8, 4) is 11.4 Å². The van der Waals surface area contributed by atoms with Crippen LogP contribution in [0.3, 0.4) is 0 Å². The lowest BCUT2D eigenvalue weighted by molar-refractivity contribution is 0.152. The highest BCUT2D eigenvalue weighted by Crippen LogP contribution is 2.13. The molecule has 0 bridgehead atoms. The molecule has 0 saturated carbocycles. The molecule has 6 nitrogen and oxygen atoms in total. The lowest BCUT2D eigenvalue weighted by atomic mass is 10.2. The van der Waals surface area contributed by atoms with Gasteiger partial charge in [-0.1, -0.05) is 30.3 Å². The summed E-state index contributed by atoms with van der Waals surface area (Å²) in [4.78, 5) is 18.4. The van der Waals surface area contributed by atoms with Crippen LogP contribution in [0.15, 0.2) is 41.6 Å². The van der Waals surface area contributed by atoms with Crippen LogP contribution in [0, 0.1) is 0 Å². The lowest BCUT2D eigenvalue weighted by Gasteiger charge is -1.97. The van der Waals surface area contributed by atoms with Crippen LogP contribution in [-0.4, -0.2) is 28.9 Å². The molecule has 2 aromatic rings. The second-order valence-electron chi connectivity index (χ2n) is 3.63. The van der Waals surface area contributed by atoms with Gasteiger partial charge in [0.2, 0.25) is 0 Å². The van der Waals surface area contributed by atoms with E-state index in [2.05, 4.69) is 25.2 Å². The maximum absolute atomic E-state index is 11.0. The first kappa shape index (κ1) is 12.8. The van der Waals surface area contributed by atoms with Crippen molar-refractivity contribution < 1.29 is 9.53 Å². The third-order valence-corrected chi connectivity index (χ3v) is 2.27. The highest BCUT2D eigenvalue weighted by molar-refractivity contribution is 5.79. The minimum atomic E-state index is -0.586. The van der Waals surface area contributed by atoms with Gasteiger partial charge in [0.15, 0.2) is 0 Å². The van der Waals surface area contributed by atoms with E-state index in [-0.39, 0.29) is 0 Å². The molecule has 0 aliphatic carbocycles. The van der Waals surface area contributed by atoms with Crippen LogP contribution in [0.1, 0.15) is 12.6 Å². The lowest BCUT2D eigenvalue weighted by Crippen LogP contribution is -2.18. The molecule has 0 radical (unpaired) electrons. The number of hydrogen-bond acceptors (Lipinski definition) is 4. The molecular weight excluding hydrogens is 244 g/mol. The van der Waals surface area contributed by atoms with Crippen LogP contribution in [0.5, 0.6) is 0 Å². The second-order valence-corrected chi connectivity index (χ2v) is 3.63. The van der Waals surface area contributed by atoms with Gasteiger partial charge in [-0.2, -0.15) is 5.10 Å². The Labute approximate surface area is 110 Å². The van der Waals surface area contributed by atoms with E-state index in [0.717, 1.165) is 11.4 Å². The number of ether oxygens (including phenoxy) is 1. The summed E-state index contributed by atoms with van der Waals surface area (Å²) in [5.74, 6) is 0.748. The number of hydrogen-bond donors (Lipinski definition) is 2. The summed E-state index contributed by atoms with van der Waals surface area (Å²) < 4.78 is 4.66. The molecule has 1 aromatic carbocycles. The number of nitrogens with one attached hydrogen (secondary N) is 2. The number of benzene rings is 1. The maximum Gasteiger partial charge on any atom is 0.427 e. The average Bonchev–Trinajstić information content (AvgIpc) is 2.89. The molecule has 0 fully saturated rings. The smallest absolute Gasteiger partial charge is 0.427 e. The van der Waals surface area contributed by atoms with Crippen molar-refractivity contribution >= 4 is 12.3 Å². The minimum Gasteiger partial charge on any atom is -0.449 e. The third kappa shape index (κ3) is 3.67. The first-order valence-corrected chi connectivity index (χ1v) is 5.86. The number of rotatable bonds is 4. The molecule has 6 heteroatoms. The van der Waals surface area contributed by atoms with Crippen molar-refractivity contribution in [2.45, 2.75) is 6.92 Å². The van der Waals surface area contributed by atoms with Crippen LogP contribution in [-0.2, 0) is 4.74 Å². The predicted molar refractivity (Wildman–Crippen MR) is 71.8 cm³/mol. The molecule has 0 atom stereocenters. The molecule has 0 aliphatic heterocycles. The number of amides is 1. The van der Waals surface area contributed by atoms with Gasteiger partial charge in [-0.25, -0.2) is 15.2 Å². The van der Waals surface area contributed by atoms with E-state index in [1.54, 1.807) is 13.1 Å². The summed E-state index contributed by atoms with van der Waals surface area (Å²) in [6.07, 6.45) is 2.57. The Balaban J connectivity index is 1.98. The summed E-state index contributed by atoms with van der Waals surface area (Å²) in [6, 6.07) is 9.73. The van der Waals surface area contributed by atoms with Crippen molar-refractivity contribution in [1.29, 1.82) is 0 Å². The van der Waals surface area contributed by atoms with Crippen molar-refractivity contribution in [3.63, 3.8) is 0 Å². The van der Waals surface area contributed by atoms with Crippen LogP contribution < -0.4 is 5.43 Å². The van der Waals surface area contributed by atoms with Gasteiger partial charge in [0, 0.05) is 11.8 Å². The van der Waals surface area contributed by atoms with Gasteiger partial charge in [-0.15, -0.1) is 0 Å². The number of aromatic nitrogens is 2. The fourth-order valence-electron chi connectivity index (χ4n) is 1.46. The Hall–Kier alpha value is -2.63. The van der Waals surface area contributed by atoms with E-state index in [1.165, 1.54) is 6.21 Å². The van der Waals surface area contributed by atoms with Crippen LogP contribution in [0.25, 0.3) is 11.4 Å². The minimum absolute atomic E-state index is 0.307. The number of nitrogens with zero attached hydrogens (tertiary/aromatic N) is 2. The Morgan fingerprint density at radius 3 is 3.00 bits per heavy atom. The largest absolute Gasteiger partial charge is 0.449 e. The van der Waals surface area contributed by atoms with Gasteiger partial charge in [-0.05, 0) is 6.92 Å². The van der Waals surface area contributed by atoms with Gasteiger partial charge in [0.25, 0.3) is 0 Å². The molecule has 98 valence electrons. The molecule has 1 aromatic heterocycles. The Morgan fingerprint density at radius 1 is 1.47 bits per heavy atom. The van der Waals surface area contributed by atoms with E-state index < -0.39 is 6.09 Å². The number of H-pyrrole nitrogens is 1. The van der Waals surface area contributed by atoms with Crippen molar-refractivity contribution in [2.75, 3.05) is 6.61 Å². The third-order valence-electron chi connectivity index (χ3n) is 2.27. The van der Waals surface area contributed by atoms with Crippen molar-refractivity contribution in [2.24, 2.45) is 5.10 Å². The van der Waals surface area contributed by atoms with E-state index in [4.69, 9.17) is 0 Å². The summed E-state index contributed by atoms with van der Waals surface area (Å²) in [7, 11) is 0. The summed E-state index contributed by atoms with van der Waals surface area (Å²) >= 11 is 0. The number of aromatic amines is 1. The zero-order valence-corrected chi connectivity index (χ0v) is 10.5. The highest BCUT2D eigenvalue weighted by Gasteiger charge is 2.01. The SMILES string of the molecule is CCOC(=O)NN=Cc1c[nH]c(-c2ccccc2)n1. The van der Waals surface area contributed by atoms with Gasteiger partial charge in [-0.3, -0.25) is 0 Å². The van der Waals surface area contributed by atoms with E-state index in [0.29, 0.717) is 12.3 Å². The number of carbonyl (C=O) groups is 1. The quantitative estimate of drug-likeness (QED) is 0.651. The fraction of sp³-hybridized carbons (Fsp3) is 0.154. The molecule has 2 rings (SSSR count). The summed E-state index contributed by atoms with van der Waals surface area (Å²) in [6.45, 7) is 2.03. The topological polar surface area (TPSA) is 79.4 Å². The normalized spacial score (nSPS) is 10.6. The first-order chi connectivity index (χ1) is 9.29. The summed E-state index contributed by atoms with van der Waals surface area (Å²) in [5, 5.41) is 3.74. The molecule has 19 heavy (non-hydrogen) atoms. The number of carbonyl (C=O) groups excluding carboxylic acids is 1. The van der Waals surface area contributed by atoms with E-state index >= 15 is 0 Å². The summed E-state index contributed by atoms with van der Waals surface area (Å²) in [5.41, 5.74) is 3.84. The predicted octanol–water partition coefficient (Wildman–Crippen LogP) is 2.16. The number of imidazole rings is 1. The van der Waals surface area contributed by atoms with Gasteiger partial charge < -0.3 is 9.72 Å². The van der Waals surface area contributed by atoms with Crippen molar-refractivity contribution in [1.82, 2.24) is 15.4 Å². The molecular formula is C13H14N4O2. The molecule has 0 aliphatic rings. The zero-order valence-electron chi connectivity index (χ0n) is 10.5. The maximum atomic E-state index is 11.0. The van der Waals surface area contributed by atoms with Gasteiger partial charge in [0.05, 0.1) is 12.8 Å². The molecule has 1 amide bonds. The first-order valence-electron chi connectivity index (χ1n) is 5.86. The number of hydrazone groups is 1. The van der Waals surface area contributed by atoms with Crippen LogP contribution >= 0.6 is 0 Å². The molecule has 0 spiro atoms. The molecule has 1 heterocycles. The Bertz CT molecular complexity index is 563. The Morgan fingerprint density at radius 2 is 2.26 bits per heavy atom. The Kier molecular flexibility index (Phi) is 4.28.